The van der Waals surface area contributed by atoms with Crippen LogP contribution in [0.4, 0.5) is 20.6 Å². The molecule has 0 aromatic heterocycles. The van der Waals surface area contributed by atoms with Crippen LogP contribution in [-0.2, 0) is 9.59 Å². The number of urea groups is 1. The Morgan fingerprint density at radius 3 is 2.28 bits per heavy atom. The second kappa shape index (κ2) is 8.30. The smallest absolute Gasteiger partial charge is 0.332 e. The molecule has 1 heterocycles. The number of methoxy groups -OCH3 is 1. The van der Waals surface area contributed by atoms with Crippen LogP contribution in [0.25, 0.3) is 0 Å². The number of rotatable bonds is 6. The fourth-order valence-corrected chi connectivity index (χ4v) is 3.27. The van der Waals surface area contributed by atoms with Gasteiger partial charge in [0, 0.05) is 11.7 Å². The molecule has 0 aliphatic carbocycles. The van der Waals surface area contributed by atoms with Gasteiger partial charge in [-0.3, -0.25) is 9.59 Å². The first-order valence-corrected chi connectivity index (χ1v) is 9.17. The lowest BCUT2D eigenvalue weighted by atomic mass is 10.1. The molecule has 0 saturated carbocycles. The number of hydrogen-bond acceptors (Lipinski definition) is 4. The molecule has 3 rings (SSSR count). The highest BCUT2D eigenvalue weighted by atomic mass is 19.1. The minimum absolute atomic E-state index is 0.202. The standard InChI is InChI=1S/C21H22FN3O4/c1-13(2)24-18(12-19(26)23-15-6-4-14(22)5-7-15)20(27)25(21(24)28)16-8-10-17(29-3)11-9-16/h4-11,13,18H,12H2,1-3H3,(H,23,26)/t18-/m0/s1. The molecule has 29 heavy (non-hydrogen) atoms. The minimum Gasteiger partial charge on any atom is -0.497 e. The maximum absolute atomic E-state index is 13.0. The molecule has 8 heteroatoms. The van der Waals surface area contributed by atoms with E-state index in [2.05, 4.69) is 5.32 Å². The molecule has 2 aromatic carbocycles. The van der Waals surface area contributed by atoms with E-state index in [0.717, 1.165) is 4.90 Å². The van der Waals surface area contributed by atoms with Crippen LogP contribution in [0.1, 0.15) is 20.3 Å². The first kappa shape index (κ1) is 20.3. The highest BCUT2D eigenvalue weighted by Gasteiger charge is 2.47. The van der Waals surface area contributed by atoms with Gasteiger partial charge in [-0.15, -0.1) is 0 Å². The fraction of sp³-hybridized carbons (Fsp3) is 0.286. The zero-order chi connectivity index (χ0) is 21.1. The Morgan fingerprint density at radius 1 is 1.10 bits per heavy atom. The molecule has 1 atom stereocenters. The summed E-state index contributed by atoms with van der Waals surface area (Å²) in [6, 6.07) is 10.2. The van der Waals surface area contributed by atoms with Gasteiger partial charge in [-0.2, -0.15) is 0 Å². The van der Waals surface area contributed by atoms with Gasteiger partial charge in [0.2, 0.25) is 5.91 Å². The molecule has 2 aromatic rings. The van der Waals surface area contributed by atoms with Gasteiger partial charge >= 0.3 is 6.03 Å². The summed E-state index contributed by atoms with van der Waals surface area (Å²) in [5.74, 6) is -0.724. The van der Waals surface area contributed by atoms with E-state index in [9.17, 15) is 18.8 Å². The molecule has 152 valence electrons. The third-order valence-corrected chi connectivity index (χ3v) is 4.65. The van der Waals surface area contributed by atoms with Crippen LogP contribution >= 0.6 is 0 Å². The Hall–Kier alpha value is -3.42. The predicted octanol–water partition coefficient (Wildman–Crippen LogP) is 3.41. The van der Waals surface area contributed by atoms with Gasteiger partial charge in [0.25, 0.3) is 5.91 Å². The normalized spacial score (nSPS) is 16.5. The second-order valence-electron chi connectivity index (χ2n) is 6.93. The largest absolute Gasteiger partial charge is 0.497 e. The summed E-state index contributed by atoms with van der Waals surface area (Å²) in [5.41, 5.74) is 0.823. The first-order valence-electron chi connectivity index (χ1n) is 9.17. The number of benzene rings is 2. The molecule has 7 nitrogen and oxygen atoms in total. The van der Waals surface area contributed by atoms with Crippen LogP contribution in [0, 0.1) is 5.82 Å². The summed E-state index contributed by atoms with van der Waals surface area (Å²) in [7, 11) is 1.53. The van der Waals surface area contributed by atoms with Gasteiger partial charge in [0.05, 0.1) is 19.2 Å². The SMILES string of the molecule is COc1ccc(N2C(=O)[C@H](CC(=O)Nc3ccc(F)cc3)N(C(C)C)C2=O)cc1. The lowest BCUT2D eigenvalue weighted by Crippen LogP contribution is -2.42. The summed E-state index contributed by atoms with van der Waals surface area (Å²) >= 11 is 0. The molecular formula is C21H22FN3O4. The summed E-state index contributed by atoms with van der Waals surface area (Å²) in [4.78, 5) is 40.9. The Bertz CT molecular complexity index is 913. The average molecular weight is 399 g/mol. The molecular weight excluding hydrogens is 377 g/mol. The first-order chi connectivity index (χ1) is 13.8. The lowest BCUT2D eigenvalue weighted by Gasteiger charge is -2.25. The van der Waals surface area contributed by atoms with Crippen molar-refractivity contribution in [1.82, 2.24) is 4.90 Å². The highest BCUT2D eigenvalue weighted by molar-refractivity contribution is 6.22. The van der Waals surface area contributed by atoms with Crippen molar-refractivity contribution in [3.8, 4) is 5.75 Å². The fourth-order valence-electron chi connectivity index (χ4n) is 3.27. The number of anilines is 2. The second-order valence-corrected chi connectivity index (χ2v) is 6.93. The van der Waals surface area contributed by atoms with Crippen molar-refractivity contribution in [3.63, 3.8) is 0 Å². The number of carbonyl (C=O) groups excluding carboxylic acids is 3. The molecule has 1 aliphatic rings. The zero-order valence-electron chi connectivity index (χ0n) is 16.4. The van der Waals surface area contributed by atoms with Gasteiger partial charge in [-0.05, 0) is 62.4 Å². The van der Waals surface area contributed by atoms with Crippen LogP contribution in [0.3, 0.4) is 0 Å². The van der Waals surface area contributed by atoms with E-state index in [4.69, 9.17) is 4.74 Å². The summed E-state index contributed by atoms with van der Waals surface area (Å²) in [6.45, 7) is 3.57. The van der Waals surface area contributed by atoms with Crippen molar-refractivity contribution in [1.29, 1.82) is 0 Å². The number of amides is 4. The molecule has 1 aliphatic heterocycles. The lowest BCUT2D eigenvalue weighted by molar-refractivity contribution is -0.124. The van der Waals surface area contributed by atoms with Crippen molar-refractivity contribution in [2.45, 2.75) is 32.4 Å². The molecule has 1 saturated heterocycles. The van der Waals surface area contributed by atoms with Crippen LogP contribution in [0.15, 0.2) is 48.5 Å². The topological polar surface area (TPSA) is 79.0 Å². The summed E-state index contributed by atoms with van der Waals surface area (Å²) in [6.07, 6.45) is -0.202. The number of carbonyl (C=O) groups is 3. The van der Waals surface area contributed by atoms with Gasteiger partial charge in [-0.25, -0.2) is 14.1 Å². The minimum atomic E-state index is -0.926. The van der Waals surface area contributed by atoms with Crippen LogP contribution in [-0.4, -0.2) is 41.9 Å². The van der Waals surface area contributed by atoms with Gasteiger partial charge in [0.1, 0.15) is 17.6 Å². The molecule has 1 N–H and O–H groups in total. The molecule has 0 radical (unpaired) electrons. The van der Waals surface area contributed by atoms with Crippen LogP contribution < -0.4 is 15.0 Å². The van der Waals surface area contributed by atoms with Gasteiger partial charge < -0.3 is 15.0 Å². The number of halogens is 1. The van der Waals surface area contributed by atoms with E-state index >= 15 is 0 Å². The quantitative estimate of drug-likeness (QED) is 0.755. The van der Waals surface area contributed by atoms with E-state index < -0.39 is 29.7 Å². The number of hydrogen-bond donors (Lipinski definition) is 1. The van der Waals surface area contributed by atoms with Crippen LogP contribution in [0.2, 0.25) is 0 Å². The van der Waals surface area contributed by atoms with Crippen molar-refractivity contribution in [2.24, 2.45) is 0 Å². The van der Waals surface area contributed by atoms with Crippen molar-refractivity contribution >= 4 is 29.2 Å². The Balaban J connectivity index is 1.80. The van der Waals surface area contributed by atoms with Crippen LogP contribution in [0.5, 0.6) is 5.75 Å². The average Bonchev–Trinajstić information content (AvgIpc) is 2.93. The molecule has 0 spiro atoms. The number of nitrogens with zero attached hydrogens (tertiary/aromatic N) is 2. The number of ether oxygens (including phenoxy) is 1. The third kappa shape index (κ3) is 4.21. The van der Waals surface area contributed by atoms with E-state index in [0.29, 0.717) is 17.1 Å². The predicted molar refractivity (Wildman–Crippen MR) is 106 cm³/mol. The number of imide groups is 1. The van der Waals surface area contributed by atoms with Gasteiger partial charge in [0.15, 0.2) is 0 Å². The third-order valence-electron chi connectivity index (χ3n) is 4.65. The Morgan fingerprint density at radius 2 is 1.72 bits per heavy atom. The monoisotopic (exact) mass is 399 g/mol. The zero-order valence-corrected chi connectivity index (χ0v) is 16.4. The van der Waals surface area contributed by atoms with Crippen molar-refractivity contribution in [2.75, 3.05) is 17.3 Å². The van der Waals surface area contributed by atoms with Crippen molar-refractivity contribution in [3.05, 3.63) is 54.3 Å². The maximum atomic E-state index is 13.0. The molecule has 0 bridgehead atoms. The molecule has 0 unspecified atom stereocenters. The Labute approximate surface area is 168 Å². The van der Waals surface area contributed by atoms with E-state index in [1.165, 1.54) is 36.3 Å². The molecule has 1 fully saturated rings. The summed E-state index contributed by atoms with van der Waals surface area (Å²) < 4.78 is 18.1. The maximum Gasteiger partial charge on any atom is 0.332 e. The van der Waals surface area contributed by atoms with E-state index in [-0.39, 0.29) is 12.5 Å². The number of nitrogens with one attached hydrogen (secondary N) is 1. The molecule has 4 amide bonds. The summed E-state index contributed by atoms with van der Waals surface area (Å²) in [5, 5.41) is 2.63. The van der Waals surface area contributed by atoms with Crippen molar-refractivity contribution < 1.29 is 23.5 Å². The van der Waals surface area contributed by atoms with E-state index in [1.54, 1.807) is 38.1 Å². The Kier molecular flexibility index (Phi) is 5.81. The van der Waals surface area contributed by atoms with Gasteiger partial charge in [-0.1, -0.05) is 0 Å². The van der Waals surface area contributed by atoms with E-state index in [1.807, 2.05) is 0 Å². The highest BCUT2D eigenvalue weighted by Crippen LogP contribution is 2.29.